The Morgan fingerprint density at radius 1 is 1.53 bits per heavy atom. The van der Waals surface area contributed by atoms with Crippen LogP contribution < -0.4 is 0 Å². The van der Waals surface area contributed by atoms with E-state index in [9.17, 15) is 4.79 Å². The van der Waals surface area contributed by atoms with Gasteiger partial charge in [-0.1, -0.05) is 13.8 Å². The van der Waals surface area contributed by atoms with Crippen LogP contribution in [0.15, 0.2) is 12.3 Å². The van der Waals surface area contributed by atoms with E-state index in [0.29, 0.717) is 5.38 Å². The Morgan fingerprint density at radius 2 is 2.24 bits per heavy atom. The van der Waals surface area contributed by atoms with Crippen LogP contribution in [0.3, 0.4) is 0 Å². The summed E-state index contributed by atoms with van der Waals surface area (Å²) in [5, 5.41) is 0.299. The zero-order valence-corrected chi connectivity index (χ0v) is 11.6. The standard InChI is InChI=1S/C14H21ClO2/c1-10(16)17-8-4-6-13(2)11-5-7-14(13,3)12(15)9-11/h4,8,11-12H,5-7,9H2,1-3H3. The number of rotatable bonds is 3. The summed E-state index contributed by atoms with van der Waals surface area (Å²) >= 11 is 6.49. The summed E-state index contributed by atoms with van der Waals surface area (Å²) in [4.78, 5) is 10.7. The van der Waals surface area contributed by atoms with E-state index in [4.69, 9.17) is 16.3 Å². The van der Waals surface area contributed by atoms with Crippen molar-refractivity contribution in [2.75, 3.05) is 0 Å². The molecule has 96 valence electrons. The molecule has 0 spiro atoms. The molecule has 3 heteroatoms. The van der Waals surface area contributed by atoms with Crippen molar-refractivity contribution in [3.8, 4) is 0 Å². The number of halogens is 1. The van der Waals surface area contributed by atoms with E-state index in [0.717, 1.165) is 18.8 Å². The van der Waals surface area contributed by atoms with Crippen molar-refractivity contribution in [3.05, 3.63) is 12.3 Å². The summed E-state index contributed by atoms with van der Waals surface area (Å²) in [6.07, 6.45) is 8.10. The Bertz CT molecular complexity index is 352. The zero-order chi connectivity index (χ0) is 12.7. The third kappa shape index (κ3) is 1.91. The number of ether oxygens (including phenoxy) is 1. The Labute approximate surface area is 108 Å². The molecular formula is C14H21ClO2. The molecular weight excluding hydrogens is 236 g/mol. The Morgan fingerprint density at radius 3 is 2.71 bits per heavy atom. The fraction of sp³-hybridized carbons (Fsp3) is 0.786. The molecule has 0 aromatic carbocycles. The number of fused-ring (bicyclic) bond motifs is 2. The van der Waals surface area contributed by atoms with Gasteiger partial charge in [0.25, 0.3) is 0 Å². The van der Waals surface area contributed by atoms with Gasteiger partial charge in [0.1, 0.15) is 0 Å². The predicted molar refractivity (Wildman–Crippen MR) is 68.7 cm³/mol. The lowest BCUT2D eigenvalue weighted by Crippen LogP contribution is -2.34. The van der Waals surface area contributed by atoms with Crippen molar-refractivity contribution in [3.63, 3.8) is 0 Å². The zero-order valence-electron chi connectivity index (χ0n) is 10.8. The molecule has 2 aliphatic carbocycles. The summed E-state index contributed by atoms with van der Waals surface area (Å²) in [6.45, 7) is 6.07. The van der Waals surface area contributed by atoms with E-state index >= 15 is 0 Å². The van der Waals surface area contributed by atoms with Crippen molar-refractivity contribution in [2.24, 2.45) is 16.7 Å². The van der Waals surface area contributed by atoms with Crippen molar-refractivity contribution in [1.29, 1.82) is 0 Å². The average molecular weight is 257 g/mol. The van der Waals surface area contributed by atoms with Gasteiger partial charge < -0.3 is 4.74 Å². The van der Waals surface area contributed by atoms with E-state index in [-0.39, 0.29) is 16.8 Å². The van der Waals surface area contributed by atoms with Gasteiger partial charge in [-0.2, -0.15) is 0 Å². The van der Waals surface area contributed by atoms with Gasteiger partial charge in [-0.3, -0.25) is 4.79 Å². The molecule has 17 heavy (non-hydrogen) atoms. The van der Waals surface area contributed by atoms with Crippen LogP contribution in [0.5, 0.6) is 0 Å². The lowest BCUT2D eigenvalue weighted by Gasteiger charge is -2.39. The quantitative estimate of drug-likeness (QED) is 0.435. The van der Waals surface area contributed by atoms with E-state index in [1.54, 1.807) is 0 Å². The van der Waals surface area contributed by atoms with E-state index < -0.39 is 0 Å². The molecule has 2 saturated carbocycles. The van der Waals surface area contributed by atoms with Crippen LogP contribution in [0.4, 0.5) is 0 Å². The highest BCUT2D eigenvalue weighted by atomic mass is 35.5. The second-order valence-electron chi connectivity index (χ2n) is 5.96. The topological polar surface area (TPSA) is 26.3 Å². The number of carbonyl (C=O) groups excluding carboxylic acids is 1. The summed E-state index contributed by atoms with van der Waals surface area (Å²) in [5.41, 5.74) is 0.496. The molecule has 0 N–H and O–H groups in total. The predicted octanol–water partition coefficient (Wildman–Crippen LogP) is 3.89. The molecule has 2 bridgehead atoms. The van der Waals surface area contributed by atoms with Crippen LogP contribution in [0.1, 0.15) is 46.5 Å². The second-order valence-corrected chi connectivity index (χ2v) is 6.49. The van der Waals surface area contributed by atoms with Gasteiger partial charge in [0.05, 0.1) is 6.26 Å². The molecule has 0 aromatic heterocycles. The molecule has 0 saturated heterocycles. The number of hydrogen-bond acceptors (Lipinski definition) is 2. The Kier molecular flexibility index (Phi) is 3.28. The van der Waals surface area contributed by atoms with Gasteiger partial charge in [-0.25, -0.2) is 0 Å². The van der Waals surface area contributed by atoms with Crippen molar-refractivity contribution in [1.82, 2.24) is 0 Å². The molecule has 2 nitrogen and oxygen atoms in total. The smallest absolute Gasteiger partial charge is 0.307 e. The first kappa shape index (κ1) is 12.9. The maximum absolute atomic E-state index is 10.7. The molecule has 2 aliphatic rings. The molecule has 4 unspecified atom stereocenters. The Hall–Kier alpha value is -0.500. The average Bonchev–Trinajstić information content (AvgIpc) is 2.59. The summed E-state index contributed by atoms with van der Waals surface area (Å²) in [6, 6.07) is 0. The lowest BCUT2D eigenvalue weighted by atomic mass is 9.67. The van der Waals surface area contributed by atoms with Crippen LogP contribution >= 0.6 is 11.6 Å². The van der Waals surface area contributed by atoms with Crippen LogP contribution in [0.2, 0.25) is 0 Å². The Balaban J connectivity index is 2.05. The minimum absolute atomic E-state index is 0.236. The lowest BCUT2D eigenvalue weighted by molar-refractivity contribution is -0.135. The van der Waals surface area contributed by atoms with Crippen molar-refractivity contribution >= 4 is 17.6 Å². The maximum Gasteiger partial charge on any atom is 0.307 e. The molecule has 0 aliphatic heterocycles. The van der Waals surface area contributed by atoms with Crippen molar-refractivity contribution in [2.45, 2.75) is 51.8 Å². The van der Waals surface area contributed by atoms with E-state index in [1.165, 1.54) is 26.0 Å². The third-order valence-corrected chi connectivity index (χ3v) is 5.93. The SMILES string of the molecule is CC(=O)OC=CCC1(C)C2CCC1(C)C(Cl)C2. The number of esters is 1. The van der Waals surface area contributed by atoms with Gasteiger partial charge >= 0.3 is 5.97 Å². The maximum atomic E-state index is 10.7. The number of hydrogen-bond donors (Lipinski definition) is 0. The van der Waals surface area contributed by atoms with Gasteiger partial charge in [-0.05, 0) is 48.5 Å². The normalized spacial score (nSPS) is 44.5. The van der Waals surface area contributed by atoms with Gasteiger partial charge in [0.15, 0.2) is 0 Å². The highest BCUT2D eigenvalue weighted by Gasteiger charge is 2.62. The van der Waals surface area contributed by atoms with Crippen LogP contribution in [-0.4, -0.2) is 11.3 Å². The second kappa shape index (κ2) is 4.31. The number of carbonyl (C=O) groups is 1. The largest absolute Gasteiger partial charge is 0.435 e. The van der Waals surface area contributed by atoms with Gasteiger partial charge in [0, 0.05) is 12.3 Å². The minimum atomic E-state index is -0.262. The first-order valence-corrected chi connectivity index (χ1v) is 6.80. The molecule has 4 atom stereocenters. The molecule has 2 rings (SSSR count). The number of alkyl halides is 1. The highest BCUT2D eigenvalue weighted by Crippen LogP contribution is 2.68. The summed E-state index contributed by atoms with van der Waals surface area (Å²) < 4.78 is 4.84. The molecule has 0 radical (unpaired) electrons. The monoisotopic (exact) mass is 256 g/mol. The van der Waals surface area contributed by atoms with E-state index in [1.807, 2.05) is 6.08 Å². The van der Waals surface area contributed by atoms with Crippen LogP contribution in [0.25, 0.3) is 0 Å². The first-order valence-electron chi connectivity index (χ1n) is 6.36. The molecule has 0 amide bonds. The fourth-order valence-corrected chi connectivity index (χ4v) is 4.36. The summed E-state index contributed by atoms with van der Waals surface area (Å²) in [5.74, 6) is 0.458. The molecule has 0 heterocycles. The molecule has 2 fully saturated rings. The third-order valence-electron chi connectivity index (χ3n) is 5.27. The van der Waals surface area contributed by atoms with E-state index in [2.05, 4.69) is 13.8 Å². The molecule has 0 aromatic rings. The fourth-order valence-electron chi connectivity index (χ4n) is 3.78. The highest BCUT2D eigenvalue weighted by molar-refractivity contribution is 6.21. The number of allylic oxidation sites excluding steroid dienone is 1. The van der Waals surface area contributed by atoms with Gasteiger partial charge in [0.2, 0.25) is 0 Å². The van der Waals surface area contributed by atoms with Crippen molar-refractivity contribution < 1.29 is 9.53 Å². The van der Waals surface area contributed by atoms with Crippen LogP contribution in [0, 0.1) is 16.7 Å². The van der Waals surface area contributed by atoms with Gasteiger partial charge in [-0.15, -0.1) is 11.6 Å². The van der Waals surface area contributed by atoms with Crippen LogP contribution in [-0.2, 0) is 9.53 Å². The first-order chi connectivity index (χ1) is 7.90. The summed E-state index contributed by atoms with van der Waals surface area (Å²) in [7, 11) is 0. The minimum Gasteiger partial charge on any atom is -0.435 e.